The van der Waals surface area contributed by atoms with Crippen LogP contribution in [0.25, 0.3) is 0 Å². The summed E-state index contributed by atoms with van der Waals surface area (Å²) in [4.78, 5) is 0. The van der Waals surface area contributed by atoms with Gasteiger partial charge in [-0.3, -0.25) is 0 Å². The normalized spacial score (nSPS) is 17.2. The van der Waals surface area contributed by atoms with Crippen LogP contribution in [0, 0.1) is 11.3 Å². The third kappa shape index (κ3) is 2.71. The van der Waals surface area contributed by atoms with Crippen molar-refractivity contribution in [2.45, 2.75) is 31.3 Å². The molecule has 1 N–H and O–H groups in total. The van der Waals surface area contributed by atoms with Gasteiger partial charge in [-0.2, -0.15) is 5.26 Å². The van der Waals surface area contributed by atoms with Gasteiger partial charge in [0.25, 0.3) is 0 Å². The van der Waals surface area contributed by atoms with Gasteiger partial charge in [0.2, 0.25) is 0 Å². The van der Waals surface area contributed by atoms with Crippen molar-refractivity contribution in [2.75, 3.05) is 0 Å². The lowest BCUT2D eigenvalue weighted by atomic mass is 10.0. The van der Waals surface area contributed by atoms with Gasteiger partial charge in [0, 0.05) is 12.1 Å². The van der Waals surface area contributed by atoms with Crippen LogP contribution >= 0.6 is 0 Å². The molecule has 2 rings (SSSR count). The van der Waals surface area contributed by atoms with Crippen LogP contribution < -0.4 is 5.32 Å². The molecule has 16 heavy (non-hydrogen) atoms. The molecule has 1 aromatic rings. The molecule has 0 saturated carbocycles. The van der Waals surface area contributed by atoms with Crippen molar-refractivity contribution in [3.8, 4) is 6.07 Å². The molecule has 0 saturated heterocycles. The van der Waals surface area contributed by atoms with E-state index in [2.05, 4.69) is 35.7 Å². The van der Waals surface area contributed by atoms with Crippen molar-refractivity contribution >= 4 is 0 Å². The second-order valence-corrected chi connectivity index (χ2v) is 4.13. The van der Waals surface area contributed by atoms with Gasteiger partial charge >= 0.3 is 0 Å². The Morgan fingerprint density at radius 2 is 1.94 bits per heavy atom. The smallest absolute Gasteiger partial charge is 0.0641 e. The van der Waals surface area contributed by atoms with E-state index in [1.54, 1.807) is 0 Å². The standard InChI is InChI=1S/C14H16N2/c15-11-10-14(12-6-2-1-3-7-12)16-13-8-4-5-9-13/h1-7,13-14,16H,8-10H2. The quantitative estimate of drug-likeness (QED) is 0.779. The lowest BCUT2D eigenvalue weighted by Gasteiger charge is -2.21. The number of hydrogen-bond acceptors (Lipinski definition) is 2. The first kappa shape index (κ1) is 10.9. The fourth-order valence-electron chi connectivity index (χ4n) is 2.09. The number of nitrogens with one attached hydrogen (secondary N) is 1. The van der Waals surface area contributed by atoms with Crippen molar-refractivity contribution in [2.24, 2.45) is 0 Å². The zero-order valence-electron chi connectivity index (χ0n) is 9.26. The molecule has 2 nitrogen and oxygen atoms in total. The summed E-state index contributed by atoms with van der Waals surface area (Å²) in [6, 6.07) is 13.1. The molecular formula is C14H16N2. The summed E-state index contributed by atoms with van der Waals surface area (Å²) in [5.74, 6) is 0. The Morgan fingerprint density at radius 1 is 1.25 bits per heavy atom. The van der Waals surface area contributed by atoms with Crippen molar-refractivity contribution in [3.05, 3.63) is 48.0 Å². The molecule has 2 heteroatoms. The van der Waals surface area contributed by atoms with Gasteiger partial charge in [0.1, 0.15) is 0 Å². The van der Waals surface area contributed by atoms with E-state index in [-0.39, 0.29) is 6.04 Å². The molecule has 1 unspecified atom stereocenters. The number of hydrogen-bond donors (Lipinski definition) is 1. The molecule has 0 spiro atoms. The Morgan fingerprint density at radius 3 is 2.56 bits per heavy atom. The molecule has 0 heterocycles. The van der Waals surface area contributed by atoms with Crippen LogP contribution in [0.15, 0.2) is 42.5 Å². The monoisotopic (exact) mass is 212 g/mol. The van der Waals surface area contributed by atoms with Crippen LogP contribution in [0.1, 0.15) is 30.9 Å². The van der Waals surface area contributed by atoms with Crippen LogP contribution in [0.4, 0.5) is 0 Å². The van der Waals surface area contributed by atoms with Crippen LogP contribution in [-0.2, 0) is 0 Å². The van der Waals surface area contributed by atoms with Gasteiger partial charge in [0.15, 0.2) is 0 Å². The van der Waals surface area contributed by atoms with Crippen molar-refractivity contribution in [3.63, 3.8) is 0 Å². The van der Waals surface area contributed by atoms with Gasteiger partial charge in [-0.1, -0.05) is 42.5 Å². The molecule has 0 fully saturated rings. The number of rotatable bonds is 4. The second kappa shape index (κ2) is 5.48. The molecule has 0 bridgehead atoms. The highest BCUT2D eigenvalue weighted by molar-refractivity contribution is 5.20. The fourth-order valence-corrected chi connectivity index (χ4v) is 2.09. The Kier molecular flexibility index (Phi) is 3.74. The predicted molar refractivity (Wildman–Crippen MR) is 64.7 cm³/mol. The molecule has 1 aromatic carbocycles. The first-order valence-corrected chi connectivity index (χ1v) is 5.73. The highest BCUT2D eigenvalue weighted by Crippen LogP contribution is 2.20. The van der Waals surface area contributed by atoms with E-state index in [0.29, 0.717) is 12.5 Å². The molecule has 0 radical (unpaired) electrons. The number of nitrogens with zero attached hydrogens (tertiary/aromatic N) is 1. The molecule has 0 aliphatic heterocycles. The summed E-state index contributed by atoms with van der Waals surface area (Å²) in [7, 11) is 0. The SMILES string of the molecule is N#CCC(NC1CC=CC1)c1ccccc1. The van der Waals surface area contributed by atoms with Crippen molar-refractivity contribution in [1.29, 1.82) is 5.26 Å². The van der Waals surface area contributed by atoms with Gasteiger partial charge in [-0.05, 0) is 18.4 Å². The van der Waals surface area contributed by atoms with Crippen LogP contribution in [-0.4, -0.2) is 6.04 Å². The molecule has 1 aliphatic carbocycles. The van der Waals surface area contributed by atoms with Crippen LogP contribution in [0.2, 0.25) is 0 Å². The van der Waals surface area contributed by atoms with E-state index >= 15 is 0 Å². The second-order valence-electron chi connectivity index (χ2n) is 4.13. The maximum Gasteiger partial charge on any atom is 0.0641 e. The maximum atomic E-state index is 8.87. The average molecular weight is 212 g/mol. The van der Waals surface area contributed by atoms with E-state index < -0.39 is 0 Å². The highest BCUT2D eigenvalue weighted by Gasteiger charge is 2.17. The minimum atomic E-state index is 0.163. The Balaban J connectivity index is 2.03. The Bertz CT molecular complexity index is 381. The third-order valence-corrected chi connectivity index (χ3v) is 2.94. The van der Waals surface area contributed by atoms with E-state index in [9.17, 15) is 0 Å². The molecule has 1 atom stereocenters. The Hall–Kier alpha value is -1.59. The van der Waals surface area contributed by atoms with E-state index in [0.717, 1.165) is 12.8 Å². The number of nitriles is 1. The molecule has 82 valence electrons. The molecule has 0 aromatic heterocycles. The lowest BCUT2D eigenvalue weighted by molar-refractivity contribution is 0.452. The zero-order chi connectivity index (χ0) is 11.2. The van der Waals surface area contributed by atoms with E-state index in [1.165, 1.54) is 5.56 Å². The van der Waals surface area contributed by atoms with Gasteiger partial charge in [-0.25, -0.2) is 0 Å². The summed E-state index contributed by atoms with van der Waals surface area (Å²) in [6.45, 7) is 0. The average Bonchev–Trinajstić information content (AvgIpc) is 2.83. The van der Waals surface area contributed by atoms with E-state index in [4.69, 9.17) is 5.26 Å². The summed E-state index contributed by atoms with van der Waals surface area (Å²) < 4.78 is 0. The highest BCUT2D eigenvalue weighted by atomic mass is 14.9. The van der Waals surface area contributed by atoms with Crippen LogP contribution in [0.3, 0.4) is 0 Å². The summed E-state index contributed by atoms with van der Waals surface area (Å²) >= 11 is 0. The van der Waals surface area contributed by atoms with Crippen LogP contribution in [0.5, 0.6) is 0 Å². The predicted octanol–water partition coefficient (Wildman–Crippen LogP) is 2.95. The maximum absolute atomic E-state index is 8.87. The molecular weight excluding hydrogens is 196 g/mol. The topological polar surface area (TPSA) is 35.8 Å². The minimum Gasteiger partial charge on any atom is -0.306 e. The Labute approximate surface area is 96.6 Å². The summed E-state index contributed by atoms with van der Waals surface area (Å²) in [6.07, 6.45) is 7.09. The molecule has 1 aliphatic rings. The summed E-state index contributed by atoms with van der Waals surface area (Å²) in [5, 5.41) is 12.4. The van der Waals surface area contributed by atoms with Gasteiger partial charge in [-0.15, -0.1) is 0 Å². The fraction of sp³-hybridized carbons (Fsp3) is 0.357. The largest absolute Gasteiger partial charge is 0.306 e. The number of benzene rings is 1. The first-order chi connectivity index (χ1) is 7.90. The minimum absolute atomic E-state index is 0.163. The van der Waals surface area contributed by atoms with E-state index in [1.807, 2.05) is 18.2 Å². The van der Waals surface area contributed by atoms with Gasteiger partial charge < -0.3 is 5.32 Å². The zero-order valence-corrected chi connectivity index (χ0v) is 9.26. The summed E-state index contributed by atoms with van der Waals surface area (Å²) in [5.41, 5.74) is 1.20. The first-order valence-electron chi connectivity index (χ1n) is 5.73. The van der Waals surface area contributed by atoms with Crippen molar-refractivity contribution < 1.29 is 0 Å². The van der Waals surface area contributed by atoms with Gasteiger partial charge in [0.05, 0.1) is 12.5 Å². The lowest BCUT2D eigenvalue weighted by Crippen LogP contribution is -2.30. The third-order valence-electron chi connectivity index (χ3n) is 2.94. The van der Waals surface area contributed by atoms with Crippen molar-refractivity contribution in [1.82, 2.24) is 5.32 Å². The molecule has 0 amide bonds.